The molecule has 1 amide bonds. The van der Waals surface area contributed by atoms with Crippen molar-refractivity contribution in [3.8, 4) is 11.8 Å². The lowest BCUT2D eigenvalue weighted by Crippen LogP contribution is -2.44. The summed E-state index contributed by atoms with van der Waals surface area (Å²) in [7, 11) is 1.53. The number of nitrogens with zero attached hydrogens (tertiary/aromatic N) is 3. The molecule has 0 bridgehead atoms. The van der Waals surface area contributed by atoms with E-state index in [1.807, 2.05) is 35.4 Å². The van der Waals surface area contributed by atoms with E-state index in [9.17, 15) is 4.79 Å². The van der Waals surface area contributed by atoms with Gasteiger partial charge in [-0.3, -0.25) is 4.79 Å². The van der Waals surface area contributed by atoms with E-state index >= 15 is 0 Å². The summed E-state index contributed by atoms with van der Waals surface area (Å²) in [5, 5.41) is 0. The summed E-state index contributed by atoms with van der Waals surface area (Å²) in [6.45, 7) is 1.26. The van der Waals surface area contributed by atoms with E-state index < -0.39 is 0 Å². The number of hydrogen-bond donors (Lipinski definition) is 0. The summed E-state index contributed by atoms with van der Waals surface area (Å²) in [6, 6.07) is 7.70. The van der Waals surface area contributed by atoms with Gasteiger partial charge in [0.1, 0.15) is 6.10 Å². The zero-order chi connectivity index (χ0) is 17.6. The predicted octanol–water partition coefficient (Wildman–Crippen LogP) is 2.89. The minimum atomic E-state index is -0.121. The van der Waals surface area contributed by atoms with Crippen LogP contribution < -0.4 is 9.47 Å². The molecular formula is C18H21N3O3S. The van der Waals surface area contributed by atoms with Gasteiger partial charge >= 0.3 is 0 Å². The number of ether oxygens (including phenoxy) is 2. The Morgan fingerprint density at radius 3 is 2.76 bits per heavy atom. The highest BCUT2D eigenvalue weighted by Gasteiger charge is 2.27. The summed E-state index contributed by atoms with van der Waals surface area (Å²) >= 11 is 1.58. The van der Waals surface area contributed by atoms with E-state index in [4.69, 9.17) is 9.47 Å². The Morgan fingerprint density at radius 2 is 2.00 bits per heavy atom. The number of rotatable bonds is 5. The molecule has 1 saturated heterocycles. The molecular weight excluding hydrogens is 338 g/mol. The number of carbonyl (C=O) groups excluding carboxylic acids is 1. The van der Waals surface area contributed by atoms with Crippen molar-refractivity contribution >= 4 is 17.7 Å². The number of piperidine rings is 1. The Balaban J connectivity index is 1.71. The molecule has 2 aromatic rings. The fraction of sp³-hybridized carbons (Fsp3) is 0.389. The van der Waals surface area contributed by atoms with Gasteiger partial charge in [0.2, 0.25) is 0 Å². The number of carbonyl (C=O) groups is 1. The second-order valence-electron chi connectivity index (χ2n) is 5.70. The van der Waals surface area contributed by atoms with Gasteiger partial charge in [-0.25, -0.2) is 9.97 Å². The van der Waals surface area contributed by atoms with Crippen LogP contribution in [-0.4, -0.2) is 53.3 Å². The van der Waals surface area contributed by atoms with Crippen molar-refractivity contribution < 1.29 is 14.3 Å². The van der Waals surface area contributed by atoms with Crippen molar-refractivity contribution in [1.82, 2.24) is 14.9 Å². The van der Waals surface area contributed by atoms with Crippen molar-refractivity contribution in [1.29, 1.82) is 0 Å². The molecule has 25 heavy (non-hydrogen) atoms. The second kappa shape index (κ2) is 8.20. The van der Waals surface area contributed by atoms with Gasteiger partial charge in [-0.2, -0.15) is 0 Å². The first-order valence-electron chi connectivity index (χ1n) is 8.17. The summed E-state index contributed by atoms with van der Waals surface area (Å²) in [5.41, 5.74) is 0.743. The number of amides is 1. The van der Waals surface area contributed by atoms with Gasteiger partial charge in [-0.15, -0.1) is 11.8 Å². The summed E-state index contributed by atoms with van der Waals surface area (Å²) in [6.07, 6.45) is 6.74. The van der Waals surface area contributed by atoms with Gasteiger partial charge in [-0.1, -0.05) is 12.1 Å². The van der Waals surface area contributed by atoms with Crippen molar-refractivity contribution in [2.75, 3.05) is 26.5 Å². The van der Waals surface area contributed by atoms with Crippen LogP contribution in [0.1, 0.15) is 23.2 Å². The fourth-order valence-electron chi connectivity index (χ4n) is 2.90. The monoisotopic (exact) mass is 359 g/mol. The Hall–Kier alpha value is -2.28. The van der Waals surface area contributed by atoms with E-state index in [1.165, 1.54) is 7.11 Å². The molecule has 0 radical (unpaired) electrons. The summed E-state index contributed by atoms with van der Waals surface area (Å²) in [5.74, 6) is 0.775. The molecule has 1 atom stereocenters. The molecule has 0 N–H and O–H groups in total. The molecule has 0 saturated carbocycles. The number of hydrogen-bond acceptors (Lipinski definition) is 6. The third-order valence-corrected chi connectivity index (χ3v) is 4.90. The van der Waals surface area contributed by atoms with Crippen LogP contribution in [0.4, 0.5) is 0 Å². The van der Waals surface area contributed by atoms with E-state index in [-0.39, 0.29) is 12.0 Å². The quantitative estimate of drug-likeness (QED) is 0.765. The first kappa shape index (κ1) is 17.5. The lowest BCUT2D eigenvalue weighted by atomic mass is 10.1. The molecule has 1 unspecified atom stereocenters. The lowest BCUT2D eigenvalue weighted by Gasteiger charge is -2.33. The number of likely N-dealkylation sites (tertiary alicyclic amines) is 1. The van der Waals surface area contributed by atoms with Gasteiger partial charge in [0.25, 0.3) is 17.7 Å². The van der Waals surface area contributed by atoms with E-state index in [2.05, 4.69) is 9.97 Å². The molecule has 1 aromatic heterocycles. The van der Waals surface area contributed by atoms with Gasteiger partial charge in [-0.05, 0) is 31.2 Å². The van der Waals surface area contributed by atoms with Crippen LogP contribution in [0.2, 0.25) is 0 Å². The van der Waals surface area contributed by atoms with Crippen LogP contribution in [0.5, 0.6) is 11.8 Å². The van der Waals surface area contributed by atoms with Crippen LogP contribution in [0.15, 0.2) is 41.6 Å². The van der Waals surface area contributed by atoms with Crippen LogP contribution in [0.3, 0.4) is 0 Å². The average Bonchev–Trinajstić information content (AvgIpc) is 2.68. The SMILES string of the molecule is COc1nccnc1OC1CCCN(C(=O)c2ccccc2SC)C1. The Bertz CT molecular complexity index is 741. The van der Waals surface area contributed by atoms with Crippen LogP contribution in [0.25, 0.3) is 0 Å². The normalized spacial score (nSPS) is 17.2. The summed E-state index contributed by atoms with van der Waals surface area (Å²) in [4.78, 5) is 24.0. The largest absolute Gasteiger partial charge is 0.477 e. The Kier molecular flexibility index (Phi) is 5.75. The topological polar surface area (TPSA) is 64.6 Å². The van der Waals surface area contributed by atoms with E-state index in [1.54, 1.807) is 24.2 Å². The fourth-order valence-corrected chi connectivity index (χ4v) is 3.49. The first-order chi connectivity index (χ1) is 12.2. The van der Waals surface area contributed by atoms with Gasteiger partial charge in [0.15, 0.2) is 0 Å². The molecule has 0 aliphatic carbocycles. The molecule has 132 valence electrons. The smallest absolute Gasteiger partial charge is 0.278 e. The standard InChI is InChI=1S/C18H21N3O3S/c1-23-16-17(20-10-9-19-16)24-13-6-5-11-21(12-13)18(22)14-7-3-4-8-15(14)25-2/h3-4,7-10,13H,5-6,11-12H2,1-2H3. The number of thioether (sulfide) groups is 1. The average molecular weight is 359 g/mol. The molecule has 1 aliphatic heterocycles. The zero-order valence-corrected chi connectivity index (χ0v) is 15.2. The van der Waals surface area contributed by atoms with Crippen molar-refractivity contribution in [3.63, 3.8) is 0 Å². The highest BCUT2D eigenvalue weighted by molar-refractivity contribution is 7.98. The molecule has 2 heterocycles. The van der Waals surface area contributed by atoms with Gasteiger partial charge in [0, 0.05) is 23.8 Å². The van der Waals surface area contributed by atoms with Crippen molar-refractivity contribution in [2.24, 2.45) is 0 Å². The van der Waals surface area contributed by atoms with Gasteiger partial charge < -0.3 is 14.4 Å². The van der Waals surface area contributed by atoms with Gasteiger partial charge in [0.05, 0.1) is 19.2 Å². The first-order valence-corrected chi connectivity index (χ1v) is 9.39. The lowest BCUT2D eigenvalue weighted by molar-refractivity contribution is 0.0516. The third-order valence-electron chi connectivity index (χ3n) is 4.11. The van der Waals surface area contributed by atoms with Crippen LogP contribution in [0, 0.1) is 0 Å². The van der Waals surface area contributed by atoms with Crippen molar-refractivity contribution in [2.45, 2.75) is 23.8 Å². The maximum Gasteiger partial charge on any atom is 0.278 e. The van der Waals surface area contributed by atoms with Crippen LogP contribution >= 0.6 is 11.8 Å². The highest BCUT2D eigenvalue weighted by atomic mass is 32.2. The number of aromatic nitrogens is 2. The molecule has 3 rings (SSSR count). The zero-order valence-electron chi connectivity index (χ0n) is 14.3. The molecule has 1 fully saturated rings. The van der Waals surface area contributed by atoms with E-state index in [0.29, 0.717) is 18.3 Å². The number of methoxy groups -OCH3 is 1. The highest BCUT2D eigenvalue weighted by Crippen LogP contribution is 2.26. The molecule has 6 nitrogen and oxygen atoms in total. The maximum atomic E-state index is 12.9. The Morgan fingerprint density at radius 1 is 1.24 bits per heavy atom. The van der Waals surface area contributed by atoms with Crippen molar-refractivity contribution in [3.05, 3.63) is 42.2 Å². The van der Waals surface area contributed by atoms with E-state index in [0.717, 1.165) is 29.8 Å². The predicted molar refractivity (Wildman–Crippen MR) is 96.4 cm³/mol. The summed E-state index contributed by atoms with van der Waals surface area (Å²) < 4.78 is 11.1. The second-order valence-corrected chi connectivity index (χ2v) is 6.55. The molecule has 7 heteroatoms. The minimum absolute atomic E-state index is 0.0457. The third kappa shape index (κ3) is 4.04. The minimum Gasteiger partial charge on any atom is -0.477 e. The number of benzene rings is 1. The molecule has 1 aliphatic rings. The van der Waals surface area contributed by atoms with Crippen LogP contribution in [-0.2, 0) is 0 Å². The Labute approximate surface area is 151 Å². The maximum absolute atomic E-state index is 12.9. The molecule has 1 aromatic carbocycles. The molecule has 0 spiro atoms.